The molecule has 1 heterocycles. The minimum Gasteiger partial charge on any atom is -0.475 e. The molecule has 1 aromatic heterocycles. The van der Waals surface area contributed by atoms with Gasteiger partial charge in [-0.2, -0.15) is 0 Å². The number of methoxy groups -OCH3 is 1. The standard InChI is InChI=1S/C19H30N2O4/c1-5-24-11-12-25-17-9-8-16(15(3)20-17)21-18(22)19(23-4)10-6-7-14(2)13-19/h8-9,14H,5-7,10-13H2,1-4H3,(H,21,22)/t14-,19-/m0/s1. The number of ether oxygens (including phenoxy) is 3. The Morgan fingerprint density at radius 2 is 2.20 bits per heavy atom. The molecule has 1 fully saturated rings. The number of aryl methyl sites for hydroxylation is 1. The van der Waals surface area contributed by atoms with E-state index in [4.69, 9.17) is 14.2 Å². The van der Waals surface area contributed by atoms with E-state index in [-0.39, 0.29) is 5.91 Å². The molecule has 25 heavy (non-hydrogen) atoms. The van der Waals surface area contributed by atoms with Gasteiger partial charge in [0.15, 0.2) is 0 Å². The normalized spacial score (nSPS) is 23.3. The molecule has 1 amide bonds. The first kappa shape index (κ1) is 19.7. The second-order valence-corrected chi connectivity index (χ2v) is 6.68. The zero-order chi connectivity index (χ0) is 18.3. The quantitative estimate of drug-likeness (QED) is 0.728. The van der Waals surface area contributed by atoms with Gasteiger partial charge in [-0.3, -0.25) is 4.79 Å². The maximum absolute atomic E-state index is 12.8. The van der Waals surface area contributed by atoms with Crippen LogP contribution in [0.1, 0.15) is 45.2 Å². The van der Waals surface area contributed by atoms with E-state index < -0.39 is 5.60 Å². The highest BCUT2D eigenvalue weighted by Gasteiger charge is 2.42. The highest BCUT2D eigenvalue weighted by Crippen LogP contribution is 2.36. The van der Waals surface area contributed by atoms with E-state index in [0.29, 0.717) is 37.3 Å². The lowest BCUT2D eigenvalue weighted by molar-refractivity contribution is -0.143. The van der Waals surface area contributed by atoms with Crippen molar-refractivity contribution in [1.82, 2.24) is 4.98 Å². The summed E-state index contributed by atoms with van der Waals surface area (Å²) in [5.41, 5.74) is 0.672. The molecule has 0 aliphatic heterocycles. The van der Waals surface area contributed by atoms with E-state index in [1.54, 1.807) is 13.2 Å². The van der Waals surface area contributed by atoms with E-state index in [1.807, 2.05) is 19.9 Å². The van der Waals surface area contributed by atoms with Crippen LogP contribution >= 0.6 is 0 Å². The van der Waals surface area contributed by atoms with Crippen molar-refractivity contribution in [2.24, 2.45) is 5.92 Å². The van der Waals surface area contributed by atoms with Crippen LogP contribution in [0.2, 0.25) is 0 Å². The van der Waals surface area contributed by atoms with Gasteiger partial charge in [0.2, 0.25) is 5.88 Å². The molecule has 0 saturated heterocycles. The third-order valence-corrected chi connectivity index (χ3v) is 4.75. The molecule has 140 valence electrons. The van der Waals surface area contributed by atoms with Crippen LogP contribution in [-0.4, -0.2) is 43.4 Å². The summed E-state index contributed by atoms with van der Waals surface area (Å²) in [5.74, 6) is 0.930. The third-order valence-electron chi connectivity index (χ3n) is 4.75. The van der Waals surface area contributed by atoms with E-state index >= 15 is 0 Å². The van der Waals surface area contributed by atoms with Crippen molar-refractivity contribution in [3.05, 3.63) is 17.8 Å². The Kier molecular flexibility index (Phi) is 7.20. The van der Waals surface area contributed by atoms with Gasteiger partial charge in [-0.25, -0.2) is 4.98 Å². The molecule has 0 bridgehead atoms. The van der Waals surface area contributed by atoms with Crippen molar-refractivity contribution in [1.29, 1.82) is 0 Å². The van der Waals surface area contributed by atoms with Crippen LogP contribution < -0.4 is 10.1 Å². The average molecular weight is 350 g/mol. The second kappa shape index (κ2) is 9.15. The van der Waals surface area contributed by atoms with Crippen LogP contribution in [0.3, 0.4) is 0 Å². The lowest BCUT2D eigenvalue weighted by atomic mass is 9.78. The van der Waals surface area contributed by atoms with Crippen LogP contribution in [-0.2, 0) is 14.3 Å². The third kappa shape index (κ3) is 5.16. The number of aromatic nitrogens is 1. The molecule has 0 spiro atoms. The van der Waals surface area contributed by atoms with Gasteiger partial charge < -0.3 is 19.5 Å². The minimum absolute atomic E-state index is 0.0866. The molecule has 2 rings (SSSR count). The van der Waals surface area contributed by atoms with Gasteiger partial charge >= 0.3 is 0 Å². The van der Waals surface area contributed by atoms with Gasteiger partial charge in [-0.15, -0.1) is 0 Å². The average Bonchev–Trinajstić information content (AvgIpc) is 2.60. The van der Waals surface area contributed by atoms with Crippen molar-refractivity contribution < 1.29 is 19.0 Å². The van der Waals surface area contributed by atoms with Crippen LogP contribution in [0.25, 0.3) is 0 Å². The molecule has 1 aromatic rings. The summed E-state index contributed by atoms with van der Waals surface area (Å²) < 4.78 is 16.4. The number of hydrogen-bond donors (Lipinski definition) is 1. The fourth-order valence-electron chi connectivity index (χ4n) is 3.32. The number of carbonyl (C=O) groups is 1. The molecule has 6 nitrogen and oxygen atoms in total. The Morgan fingerprint density at radius 3 is 2.84 bits per heavy atom. The van der Waals surface area contributed by atoms with Gasteiger partial charge in [0.05, 0.1) is 18.0 Å². The zero-order valence-electron chi connectivity index (χ0n) is 15.8. The van der Waals surface area contributed by atoms with E-state index in [1.165, 1.54) is 0 Å². The molecule has 1 saturated carbocycles. The second-order valence-electron chi connectivity index (χ2n) is 6.68. The predicted molar refractivity (Wildman–Crippen MR) is 97.0 cm³/mol. The van der Waals surface area contributed by atoms with E-state index in [9.17, 15) is 4.79 Å². The van der Waals surface area contributed by atoms with Crippen LogP contribution in [0, 0.1) is 12.8 Å². The molecule has 0 radical (unpaired) electrons. The number of anilines is 1. The number of hydrogen-bond acceptors (Lipinski definition) is 5. The summed E-state index contributed by atoms with van der Waals surface area (Å²) >= 11 is 0. The Bertz CT molecular complexity index is 579. The van der Waals surface area contributed by atoms with Crippen molar-refractivity contribution >= 4 is 11.6 Å². The molecule has 0 aromatic carbocycles. The van der Waals surface area contributed by atoms with Gasteiger partial charge in [0.1, 0.15) is 12.2 Å². The fourth-order valence-corrected chi connectivity index (χ4v) is 3.32. The Labute approximate surface area is 150 Å². The van der Waals surface area contributed by atoms with Gasteiger partial charge in [0, 0.05) is 19.8 Å². The van der Waals surface area contributed by atoms with Gasteiger partial charge in [-0.1, -0.05) is 13.3 Å². The molecule has 1 N–H and O–H groups in total. The van der Waals surface area contributed by atoms with Crippen molar-refractivity contribution in [2.45, 2.75) is 52.1 Å². The van der Waals surface area contributed by atoms with Crippen LogP contribution in [0.4, 0.5) is 5.69 Å². The molecule has 0 unspecified atom stereocenters. The van der Waals surface area contributed by atoms with Crippen LogP contribution in [0.15, 0.2) is 12.1 Å². The lowest BCUT2D eigenvalue weighted by Crippen LogP contribution is -2.48. The van der Waals surface area contributed by atoms with Gasteiger partial charge in [0.25, 0.3) is 5.91 Å². The smallest absolute Gasteiger partial charge is 0.256 e. The van der Waals surface area contributed by atoms with Crippen molar-refractivity contribution in [2.75, 3.05) is 32.2 Å². The lowest BCUT2D eigenvalue weighted by Gasteiger charge is -2.37. The summed E-state index contributed by atoms with van der Waals surface area (Å²) in [7, 11) is 1.62. The van der Waals surface area contributed by atoms with Gasteiger partial charge in [-0.05, 0) is 45.1 Å². The van der Waals surface area contributed by atoms with Crippen molar-refractivity contribution in [3.8, 4) is 5.88 Å². The summed E-state index contributed by atoms with van der Waals surface area (Å²) in [6.45, 7) is 7.62. The maximum Gasteiger partial charge on any atom is 0.256 e. The Balaban J connectivity index is 2.00. The fraction of sp³-hybridized carbons (Fsp3) is 0.684. The van der Waals surface area contributed by atoms with E-state index in [2.05, 4.69) is 17.2 Å². The zero-order valence-corrected chi connectivity index (χ0v) is 15.8. The number of pyridine rings is 1. The van der Waals surface area contributed by atoms with Crippen LogP contribution in [0.5, 0.6) is 5.88 Å². The number of nitrogens with one attached hydrogen (secondary N) is 1. The molecule has 1 aliphatic rings. The highest BCUT2D eigenvalue weighted by molar-refractivity contribution is 5.97. The van der Waals surface area contributed by atoms with E-state index in [0.717, 1.165) is 31.4 Å². The minimum atomic E-state index is -0.739. The summed E-state index contributed by atoms with van der Waals surface area (Å²) in [6.07, 6.45) is 3.66. The Hall–Kier alpha value is -1.66. The first-order valence-electron chi connectivity index (χ1n) is 9.05. The first-order valence-corrected chi connectivity index (χ1v) is 9.05. The molecular weight excluding hydrogens is 320 g/mol. The molecule has 2 atom stereocenters. The SMILES string of the molecule is CCOCCOc1ccc(NC(=O)[C@]2(OC)CCC[C@H](C)C2)c(C)n1. The highest BCUT2D eigenvalue weighted by atomic mass is 16.5. The maximum atomic E-state index is 12.8. The number of amides is 1. The Morgan fingerprint density at radius 1 is 1.40 bits per heavy atom. The molecule has 6 heteroatoms. The number of rotatable bonds is 8. The number of nitrogens with zero attached hydrogens (tertiary/aromatic N) is 1. The summed E-state index contributed by atoms with van der Waals surface area (Å²) in [6, 6.07) is 3.59. The summed E-state index contributed by atoms with van der Waals surface area (Å²) in [4.78, 5) is 17.2. The largest absolute Gasteiger partial charge is 0.475 e. The first-order chi connectivity index (χ1) is 12.0. The topological polar surface area (TPSA) is 69.7 Å². The predicted octanol–water partition coefficient (Wildman–Crippen LogP) is 3.34. The summed E-state index contributed by atoms with van der Waals surface area (Å²) in [5, 5.41) is 2.99. The number of carbonyl (C=O) groups excluding carboxylic acids is 1. The monoisotopic (exact) mass is 350 g/mol. The molecular formula is C19H30N2O4. The molecule has 1 aliphatic carbocycles. The van der Waals surface area contributed by atoms with Crippen molar-refractivity contribution in [3.63, 3.8) is 0 Å².